The molecule has 4 atom stereocenters. The van der Waals surface area contributed by atoms with Crippen LogP contribution in [-0.2, 0) is 24.3 Å². The van der Waals surface area contributed by atoms with Gasteiger partial charge in [-0.1, -0.05) is 0 Å². The Bertz CT molecular complexity index is 1030. The first kappa shape index (κ1) is 19.9. The van der Waals surface area contributed by atoms with E-state index in [4.69, 9.17) is 10.5 Å². The molecule has 11 heteroatoms. The summed E-state index contributed by atoms with van der Waals surface area (Å²) < 4.78 is 56.9. The van der Waals surface area contributed by atoms with Crippen molar-refractivity contribution in [2.24, 2.45) is 11.7 Å². The lowest BCUT2D eigenvalue weighted by Crippen LogP contribution is -2.48. The van der Waals surface area contributed by atoms with Gasteiger partial charge in [0.15, 0.2) is 0 Å². The van der Waals surface area contributed by atoms with Crippen LogP contribution in [0, 0.1) is 17.6 Å². The molecule has 29 heavy (non-hydrogen) atoms. The van der Waals surface area contributed by atoms with Crippen LogP contribution in [0.5, 0.6) is 0 Å². The van der Waals surface area contributed by atoms with Crippen molar-refractivity contribution in [1.29, 1.82) is 0 Å². The highest BCUT2D eigenvalue weighted by molar-refractivity contribution is 7.89. The lowest BCUT2D eigenvalue weighted by Gasteiger charge is -2.39. The molecular weight excluding hydrogens is 408 g/mol. The van der Waals surface area contributed by atoms with Crippen LogP contribution < -0.4 is 5.73 Å². The second-order valence-corrected chi connectivity index (χ2v) is 9.31. The van der Waals surface area contributed by atoms with E-state index < -0.39 is 51.5 Å². The van der Waals surface area contributed by atoms with Gasteiger partial charge in [-0.25, -0.2) is 17.2 Å². The molecule has 0 spiro atoms. The minimum Gasteiger partial charge on any atom is -0.370 e. The molecule has 1 aromatic carbocycles. The number of amides is 2. The smallest absolute Gasteiger partial charge is 0.272 e. The summed E-state index contributed by atoms with van der Waals surface area (Å²) in [5.41, 5.74) is 6.32. The van der Waals surface area contributed by atoms with Crippen molar-refractivity contribution < 1.29 is 31.5 Å². The van der Waals surface area contributed by atoms with Gasteiger partial charge in [0.2, 0.25) is 10.0 Å². The van der Waals surface area contributed by atoms with E-state index in [1.165, 1.54) is 6.20 Å². The molecule has 2 fully saturated rings. The molecule has 2 amide bonds. The molecule has 3 heterocycles. The maximum Gasteiger partial charge on any atom is 0.272 e. The van der Waals surface area contributed by atoms with Crippen LogP contribution in [0.3, 0.4) is 0 Å². The second-order valence-electron chi connectivity index (χ2n) is 7.48. The molecule has 4 rings (SSSR count). The fourth-order valence-corrected chi connectivity index (χ4v) is 4.96. The van der Waals surface area contributed by atoms with Crippen LogP contribution in [0.4, 0.5) is 8.78 Å². The summed E-state index contributed by atoms with van der Waals surface area (Å²) in [4.78, 5) is 26.4. The number of hydrogen-bond donors (Lipinski definition) is 1. The van der Waals surface area contributed by atoms with Gasteiger partial charge in [-0.15, -0.1) is 0 Å². The first-order valence-corrected chi connectivity index (χ1v) is 10.8. The summed E-state index contributed by atoms with van der Waals surface area (Å²) >= 11 is 0. The van der Waals surface area contributed by atoms with Crippen LogP contribution >= 0.6 is 0 Å². The van der Waals surface area contributed by atoms with E-state index in [1.807, 2.05) is 0 Å². The van der Waals surface area contributed by atoms with E-state index in [9.17, 15) is 26.8 Å². The molecule has 1 unspecified atom stereocenters. The summed E-state index contributed by atoms with van der Waals surface area (Å²) in [6.07, 6.45) is 1.82. The average molecular weight is 427 g/mol. The Hall–Kier alpha value is -2.37. The molecule has 156 valence electrons. The monoisotopic (exact) mass is 427 g/mol. The van der Waals surface area contributed by atoms with Crippen LogP contribution in [0.25, 0.3) is 0 Å². The topological polar surface area (TPSA) is 110 Å². The number of benzene rings is 1. The van der Waals surface area contributed by atoms with Crippen molar-refractivity contribution in [3.63, 3.8) is 0 Å². The van der Waals surface area contributed by atoms with Gasteiger partial charge in [0, 0.05) is 29.9 Å². The lowest BCUT2D eigenvalue weighted by atomic mass is 9.93. The summed E-state index contributed by atoms with van der Waals surface area (Å²) in [5, 5.41) is 0. The Morgan fingerprint density at radius 2 is 1.97 bits per heavy atom. The zero-order valence-corrected chi connectivity index (χ0v) is 16.2. The minimum atomic E-state index is -3.98. The molecular formula is C18H19F2N3O5S. The number of ether oxygens (including phenoxy) is 1. The van der Waals surface area contributed by atoms with E-state index in [2.05, 4.69) is 0 Å². The van der Waals surface area contributed by atoms with Gasteiger partial charge in [0.25, 0.3) is 11.8 Å². The zero-order valence-electron chi connectivity index (χ0n) is 15.4. The van der Waals surface area contributed by atoms with E-state index in [1.54, 1.807) is 4.90 Å². The Morgan fingerprint density at radius 1 is 1.24 bits per heavy atom. The standard InChI is InChI=1S/C18H19F2N3O5S/c1-29(26,27)23-17(24)12-6-22(7-13(12)18(23)25)10-5-15(21)16(28-8-10)11-4-9(19)2-3-14(11)20/h2-4,6,10,13,15-16H,5,7-8,21H2,1H3/t10-,13?,15+,16-/m1/s1. The SMILES string of the molecule is CS(=O)(=O)N1C(=O)C2=CN([C@H]3CO[C@H](c4cc(F)ccc4F)[C@@H](N)C3)CC2C1=O. The molecule has 0 saturated carbocycles. The molecule has 3 aliphatic rings. The number of nitrogens with two attached hydrogens (primary N) is 1. The Kier molecular flexibility index (Phi) is 4.71. The number of imide groups is 1. The van der Waals surface area contributed by atoms with Crippen molar-refractivity contribution in [1.82, 2.24) is 9.21 Å². The Balaban J connectivity index is 1.50. The van der Waals surface area contributed by atoms with E-state index >= 15 is 0 Å². The maximum atomic E-state index is 14.0. The molecule has 0 bridgehead atoms. The van der Waals surface area contributed by atoms with Gasteiger partial charge in [-0.3, -0.25) is 9.59 Å². The third-order valence-corrected chi connectivity index (χ3v) is 6.48. The molecule has 2 saturated heterocycles. The largest absolute Gasteiger partial charge is 0.370 e. The summed E-state index contributed by atoms with van der Waals surface area (Å²) in [6, 6.07) is 2.16. The van der Waals surface area contributed by atoms with Crippen LogP contribution in [-0.4, -0.2) is 60.9 Å². The molecule has 8 nitrogen and oxygen atoms in total. The third-order valence-electron chi connectivity index (χ3n) is 5.47. The summed E-state index contributed by atoms with van der Waals surface area (Å²) in [6.45, 7) is 0.259. The maximum absolute atomic E-state index is 14.0. The predicted molar refractivity (Wildman–Crippen MR) is 96.4 cm³/mol. The van der Waals surface area contributed by atoms with Crippen molar-refractivity contribution in [2.75, 3.05) is 19.4 Å². The number of sulfonamides is 1. The van der Waals surface area contributed by atoms with Crippen LogP contribution in [0.15, 0.2) is 30.0 Å². The second kappa shape index (κ2) is 6.85. The first-order valence-electron chi connectivity index (χ1n) is 8.96. The number of carbonyl (C=O) groups is 2. The van der Waals surface area contributed by atoms with Crippen molar-refractivity contribution in [3.05, 3.63) is 47.2 Å². The first-order chi connectivity index (χ1) is 13.6. The number of hydrogen-bond acceptors (Lipinski definition) is 7. The molecule has 0 aromatic heterocycles. The number of nitrogens with zero attached hydrogens (tertiary/aromatic N) is 2. The number of halogens is 2. The molecule has 3 aliphatic heterocycles. The fraction of sp³-hybridized carbons (Fsp3) is 0.444. The van der Waals surface area contributed by atoms with Gasteiger partial charge in [0.05, 0.1) is 24.8 Å². The van der Waals surface area contributed by atoms with Gasteiger partial charge in [0.1, 0.15) is 17.7 Å². The molecule has 2 N–H and O–H groups in total. The number of fused-ring (bicyclic) bond motifs is 1. The number of rotatable bonds is 3. The molecule has 0 radical (unpaired) electrons. The highest BCUT2D eigenvalue weighted by Crippen LogP contribution is 2.37. The highest BCUT2D eigenvalue weighted by Gasteiger charge is 2.52. The van der Waals surface area contributed by atoms with Crippen molar-refractivity contribution >= 4 is 21.8 Å². The highest BCUT2D eigenvalue weighted by atomic mass is 32.2. The minimum absolute atomic E-state index is 0.0433. The van der Waals surface area contributed by atoms with Gasteiger partial charge >= 0.3 is 0 Å². The lowest BCUT2D eigenvalue weighted by molar-refractivity contribution is -0.133. The average Bonchev–Trinajstić information content (AvgIpc) is 3.17. The molecule has 0 aliphatic carbocycles. The van der Waals surface area contributed by atoms with Gasteiger partial charge < -0.3 is 15.4 Å². The Morgan fingerprint density at radius 3 is 2.59 bits per heavy atom. The molecule has 1 aromatic rings. The van der Waals surface area contributed by atoms with E-state index in [0.717, 1.165) is 24.5 Å². The van der Waals surface area contributed by atoms with Gasteiger partial charge in [-0.05, 0) is 24.6 Å². The van der Waals surface area contributed by atoms with E-state index in [-0.39, 0.29) is 30.3 Å². The predicted octanol–water partition coefficient (Wildman–Crippen LogP) is 0.266. The zero-order chi connectivity index (χ0) is 21.1. The van der Waals surface area contributed by atoms with Crippen LogP contribution in [0.2, 0.25) is 0 Å². The normalized spacial score (nSPS) is 30.0. The van der Waals surface area contributed by atoms with Crippen molar-refractivity contribution in [2.45, 2.75) is 24.6 Å². The van der Waals surface area contributed by atoms with Crippen LogP contribution in [0.1, 0.15) is 18.1 Å². The number of carbonyl (C=O) groups excluding carboxylic acids is 2. The quantitative estimate of drug-likeness (QED) is 0.690. The Labute approximate surface area is 165 Å². The summed E-state index contributed by atoms with van der Waals surface area (Å²) in [5.74, 6) is -3.67. The van der Waals surface area contributed by atoms with Crippen molar-refractivity contribution in [3.8, 4) is 0 Å². The fourth-order valence-electron chi connectivity index (χ4n) is 4.10. The van der Waals surface area contributed by atoms with Gasteiger partial charge in [-0.2, -0.15) is 4.31 Å². The van der Waals surface area contributed by atoms with E-state index in [0.29, 0.717) is 10.7 Å². The summed E-state index contributed by atoms with van der Waals surface area (Å²) in [7, 11) is -3.98. The third kappa shape index (κ3) is 3.32.